The lowest BCUT2D eigenvalue weighted by Gasteiger charge is -2.18. The lowest BCUT2D eigenvalue weighted by atomic mass is 10.2. The lowest BCUT2D eigenvalue weighted by molar-refractivity contribution is -0.126. The fraction of sp³-hybridized carbons (Fsp3) is 0.400. The largest absolute Gasteiger partial charge is 0.454 e. The number of fused-ring (bicyclic) bond motifs is 1. The molecule has 1 heterocycles. The van der Waals surface area contributed by atoms with Crippen LogP contribution >= 0.6 is 0 Å². The molecule has 0 aliphatic carbocycles. The van der Waals surface area contributed by atoms with E-state index in [1.165, 1.54) is 18.1 Å². The molecule has 6 nitrogen and oxygen atoms in total. The van der Waals surface area contributed by atoms with E-state index >= 15 is 0 Å². The predicted molar refractivity (Wildman–Crippen MR) is 77.1 cm³/mol. The van der Waals surface area contributed by atoms with Crippen LogP contribution in [-0.2, 0) is 9.53 Å². The van der Waals surface area contributed by atoms with Crippen molar-refractivity contribution in [1.29, 1.82) is 0 Å². The molecule has 0 saturated heterocycles. The van der Waals surface area contributed by atoms with Crippen LogP contribution in [0.5, 0.6) is 11.5 Å². The molecule has 1 aliphatic heterocycles. The Balaban J connectivity index is 1.92. The summed E-state index contributed by atoms with van der Waals surface area (Å²) in [5, 5.41) is 9.59. The maximum atomic E-state index is 11.9. The van der Waals surface area contributed by atoms with Gasteiger partial charge in [-0.1, -0.05) is 6.07 Å². The van der Waals surface area contributed by atoms with Crippen LogP contribution in [0.2, 0.25) is 0 Å². The number of amides is 1. The van der Waals surface area contributed by atoms with Crippen molar-refractivity contribution in [2.45, 2.75) is 6.10 Å². The molecule has 0 spiro atoms. The van der Waals surface area contributed by atoms with Crippen molar-refractivity contribution < 1.29 is 24.1 Å². The standard InChI is InChI=1S/C15H19NO5/c1-16(8-12(17)9-19-2)15(18)6-4-11-3-5-13-14(7-11)21-10-20-13/h3-7,12,17H,8-10H2,1-2H3. The number of nitrogens with zero attached hydrogens (tertiary/aromatic N) is 1. The van der Waals surface area contributed by atoms with Crippen LogP contribution in [0.3, 0.4) is 0 Å². The second-order valence-corrected chi connectivity index (χ2v) is 4.77. The highest BCUT2D eigenvalue weighted by molar-refractivity contribution is 5.91. The van der Waals surface area contributed by atoms with Crippen molar-refractivity contribution in [2.75, 3.05) is 34.1 Å². The second kappa shape index (κ2) is 7.10. The van der Waals surface area contributed by atoms with E-state index in [2.05, 4.69) is 0 Å². The van der Waals surface area contributed by atoms with Crippen LogP contribution in [0.4, 0.5) is 0 Å². The number of aliphatic hydroxyl groups is 1. The van der Waals surface area contributed by atoms with E-state index < -0.39 is 6.10 Å². The number of aliphatic hydroxyl groups excluding tert-OH is 1. The first-order chi connectivity index (χ1) is 10.1. The first kappa shape index (κ1) is 15.3. The quantitative estimate of drug-likeness (QED) is 0.789. The molecule has 0 radical (unpaired) electrons. The third-order valence-corrected chi connectivity index (χ3v) is 3.03. The summed E-state index contributed by atoms with van der Waals surface area (Å²) in [6.45, 7) is 0.642. The molecule has 21 heavy (non-hydrogen) atoms. The molecule has 1 atom stereocenters. The molecule has 1 aromatic carbocycles. The van der Waals surface area contributed by atoms with Crippen LogP contribution in [-0.4, -0.2) is 56.1 Å². The van der Waals surface area contributed by atoms with Gasteiger partial charge in [-0.05, 0) is 23.8 Å². The van der Waals surface area contributed by atoms with Gasteiger partial charge in [-0.15, -0.1) is 0 Å². The number of benzene rings is 1. The summed E-state index contributed by atoms with van der Waals surface area (Å²) in [5.74, 6) is 1.19. The third-order valence-electron chi connectivity index (χ3n) is 3.03. The molecule has 2 rings (SSSR count). The Labute approximate surface area is 123 Å². The summed E-state index contributed by atoms with van der Waals surface area (Å²) in [6.07, 6.45) is 2.46. The summed E-state index contributed by atoms with van der Waals surface area (Å²) >= 11 is 0. The van der Waals surface area contributed by atoms with Crippen LogP contribution in [0.15, 0.2) is 24.3 Å². The summed E-state index contributed by atoms with van der Waals surface area (Å²) < 4.78 is 15.3. The number of carbonyl (C=O) groups excluding carboxylic acids is 1. The van der Waals surface area contributed by atoms with Crippen molar-refractivity contribution in [1.82, 2.24) is 4.90 Å². The Morgan fingerprint density at radius 2 is 2.24 bits per heavy atom. The van der Waals surface area contributed by atoms with E-state index in [-0.39, 0.29) is 25.9 Å². The molecular weight excluding hydrogens is 274 g/mol. The smallest absolute Gasteiger partial charge is 0.246 e. The number of ether oxygens (including phenoxy) is 3. The van der Waals surface area contributed by atoms with Gasteiger partial charge >= 0.3 is 0 Å². The fourth-order valence-corrected chi connectivity index (χ4v) is 1.96. The molecule has 0 aromatic heterocycles. The monoisotopic (exact) mass is 293 g/mol. The fourth-order valence-electron chi connectivity index (χ4n) is 1.96. The average Bonchev–Trinajstić information content (AvgIpc) is 2.92. The van der Waals surface area contributed by atoms with Crippen molar-refractivity contribution in [3.63, 3.8) is 0 Å². The highest BCUT2D eigenvalue weighted by Gasteiger charge is 2.13. The Morgan fingerprint density at radius 3 is 3.00 bits per heavy atom. The Kier molecular flexibility index (Phi) is 5.19. The first-order valence-electron chi connectivity index (χ1n) is 6.60. The molecule has 114 valence electrons. The van der Waals surface area contributed by atoms with Gasteiger partial charge in [-0.25, -0.2) is 0 Å². The lowest BCUT2D eigenvalue weighted by Crippen LogP contribution is -2.35. The van der Waals surface area contributed by atoms with Gasteiger partial charge in [0.1, 0.15) is 0 Å². The SMILES string of the molecule is COCC(O)CN(C)C(=O)C=Cc1ccc2c(c1)OCO2. The van der Waals surface area contributed by atoms with E-state index in [0.717, 1.165) is 5.56 Å². The Bertz CT molecular complexity index is 529. The minimum atomic E-state index is -0.692. The number of methoxy groups -OCH3 is 1. The van der Waals surface area contributed by atoms with Gasteiger partial charge in [0, 0.05) is 26.8 Å². The highest BCUT2D eigenvalue weighted by atomic mass is 16.7. The number of rotatable bonds is 6. The summed E-state index contributed by atoms with van der Waals surface area (Å²) in [4.78, 5) is 13.4. The van der Waals surface area contributed by atoms with Gasteiger partial charge < -0.3 is 24.2 Å². The Morgan fingerprint density at radius 1 is 1.48 bits per heavy atom. The average molecular weight is 293 g/mol. The zero-order valence-corrected chi connectivity index (χ0v) is 12.1. The normalized spacial score (nSPS) is 14.4. The maximum Gasteiger partial charge on any atom is 0.246 e. The van der Waals surface area contributed by atoms with E-state index in [1.54, 1.807) is 19.2 Å². The van der Waals surface area contributed by atoms with Gasteiger partial charge in [-0.2, -0.15) is 0 Å². The molecule has 0 saturated carbocycles. The summed E-state index contributed by atoms with van der Waals surface area (Å²) in [5.41, 5.74) is 0.846. The minimum absolute atomic E-state index is 0.192. The highest BCUT2D eigenvalue weighted by Crippen LogP contribution is 2.32. The zero-order valence-electron chi connectivity index (χ0n) is 12.1. The van der Waals surface area contributed by atoms with Gasteiger partial charge in [0.15, 0.2) is 11.5 Å². The van der Waals surface area contributed by atoms with E-state index in [1.807, 2.05) is 12.1 Å². The zero-order chi connectivity index (χ0) is 15.2. The topological polar surface area (TPSA) is 68.2 Å². The van der Waals surface area contributed by atoms with E-state index in [9.17, 15) is 9.90 Å². The third kappa shape index (κ3) is 4.21. The second-order valence-electron chi connectivity index (χ2n) is 4.77. The molecule has 1 amide bonds. The van der Waals surface area contributed by atoms with Crippen molar-refractivity contribution in [3.05, 3.63) is 29.8 Å². The van der Waals surface area contributed by atoms with Crippen molar-refractivity contribution in [3.8, 4) is 11.5 Å². The van der Waals surface area contributed by atoms with Crippen LogP contribution in [0.25, 0.3) is 6.08 Å². The van der Waals surface area contributed by atoms with Gasteiger partial charge in [-0.3, -0.25) is 4.79 Å². The van der Waals surface area contributed by atoms with E-state index in [4.69, 9.17) is 14.2 Å². The van der Waals surface area contributed by atoms with Gasteiger partial charge in [0.25, 0.3) is 0 Å². The number of carbonyl (C=O) groups is 1. The molecule has 1 N–H and O–H groups in total. The molecule has 0 fully saturated rings. The first-order valence-corrected chi connectivity index (χ1v) is 6.60. The molecule has 1 aliphatic rings. The molecule has 0 bridgehead atoms. The number of hydrogen-bond acceptors (Lipinski definition) is 5. The minimum Gasteiger partial charge on any atom is -0.454 e. The molecule has 1 unspecified atom stereocenters. The number of hydrogen-bond donors (Lipinski definition) is 1. The van der Waals surface area contributed by atoms with Crippen molar-refractivity contribution in [2.24, 2.45) is 0 Å². The maximum absolute atomic E-state index is 11.9. The predicted octanol–water partition coefficient (Wildman–Crippen LogP) is 0.894. The van der Waals surface area contributed by atoms with E-state index in [0.29, 0.717) is 11.5 Å². The molecule has 1 aromatic rings. The molecule has 6 heteroatoms. The summed E-state index contributed by atoms with van der Waals surface area (Å²) in [6, 6.07) is 5.46. The Hall–Kier alpha value is -2.05. The summed E-state index contributed by atoms with van der Waals surface area (Å²) in [7, 11) is 3.13. The van der Waals surface area contributed by atoms with Crippen LogP contribution < -0.4 is 9.47 Å². The van der Waals surface area contributed by atoms with Gasteiger partial charge in [0.05, 0.1) is 12.7 Å². The van der Waals surface area contributed by atoms with Gasteiger partial charge in [0.2, 0.25) is 12.7 Å². The number of likely N-dealkylation sites (N-methyl/N-ethyl adjacent to an activating group) is 1. The molecular formula is C15H19NO5. The van der Waals surface area contributed by atoms with Crippen molar-refractivity contribution >= 4 is 12.0 Å². The van der Waals surface area contributed by atoms with Crippen LogP contribution in [0.1, 0.15) is 5.56 Å². The van der Waals surface area contributed by atoms with Crippen LogP contribution in [0, 0.1) is 0 Å².